The number of aliphatic hydroxyl groups is 1. The molecule has 0 aromatic heterocycles. The fourth-order valence-corrected chi connectivity index (χ4v) is 1.49. The van der Waals surface area contributed by atoms with Crippen molar-refractivity contribution in [2.24, 2.45) is 5.92 Å². The average Bonchev–Trinajstić information content (AvgIpc) is 1.56. The minimum atomic E-state index is -0.682. The molecule has 1 saturated heterocycles. The Bertz CT molecular complexity index is 114. The van der Waals surface area contributed by atoms with Crippen LogP contribution in [0, 0.1) is 5.92 Å². The Balaban J connectivity index is 1.94. The average molecular weight is 128 g/mol. The van der Waals surface area contributed by atoms with Gasteiger partial charge in [-0.15, -0.1) is 0 Å². The number of hydrogen-bond donors (Lipinski definition) is 1. The summed E-state index contributed by atoms with van der Waals surface area (Å²) in [5.41, 5.74) is 0. The lowest BCUT2D eigenvalue weighted by Crippen LogP contribution is -2.52. The third kappa shape index (κ3) is 0.700. The summed E-state index contributed by atoms with van der Waals surface area (Å²) < 4.78 is 5.08. The molecular weight excluding hydrogens is 116 g/mol. The van der Waals surface area contributed by atoms with E-state index >= 15 is 0 Å². The molecule has 9 heavy (non-hydrogen) atoms. The maximum absolute atomic E-state index is 9.51. The van der Waals surface area contributed by atoms with Gasteiger partial charge in [0.25, 0.3) is 0 Å². The summed E-state index contributed by atoms with van der Waals surface area (Å²) in [6.07, 6.45) is 4.46. The molecule has 52 valence electrons. The molecule has 2 fully saturated rings. The first kappa shape index (κ1) is 5.69. The lowest BCUT2D eigenvalue weighted by molar-refractivity contribution is -0.321. The highest BCUT2D eigenvalue weighted by molar-refractivity contribution is 4.88. The van der Waals surface area contributed by atoms with Gasteiger partial charge in [0.05, 0.1) is 6.61 Å². The highest BCUT2D eigenvalue weighted by Crippen LogP contribution is 2.42. The van der Waals surface area contributed by atoms with E-state index in [4.69, 9.17) is 4.74 Å². The van der Waals surface area contributed by atoms with Crippen LogP contribution in [0.2, 0.25) is 0 Å². The van der Waals surface area contributed by atoms with Crippen molar-refractivity contribution >= 4 is 0 Å². The summed E-state index contributed by atoms with van der Waals surface area (Å²) >= 11 is 0. The summed E-state index contributed by atoms with van der Waals surface area (Å²) in [4.78, 5) is 0. The molecule has 2 nitrogen and oxygen atoms in total. The lowest BCUT2D eigenvalue weighted by Gasteiger charge is -2.46. The summed E-state index contributed by atoms with van der Waals surface area (Å²) in [7, 11) is 0. The van der Waals surface area contributed by atoms with Gasteiger partial charge in [0.15, 0.2) is 5.79 Å². The zero-order valence-corrected chi connectivity index (χ0v) is 5.47. The van der Waals surface area contributed by atoms with Gasteiger partial charge in [-0.2, -0.15) is 0 Å². The molecule has 0 amide bonds. The van der Waals surface area contributed by atoms with E-state index in [2.05, 4.69) is 0 Å². The number of rotatable bonds is 1. The quantitative estimate of drug-likeness (QED) is 0.568. The standard InChI is InChI=1S/C7H12O2/c8-7(4-5-9-7)6-2-1-3-6/h6,8H,1-5H2. The van der Waals surface area contributed by atoms with Gasteiger partial charge in [0, 0.05) is 12.3 Å². The van der Waals surface area contributed by atoms with Crippen molar-refractivity contribution in [1.82, 2.24) is 0 Å². The van der Waals surface area contributed by atoms with Crippen LogP contribution in [0.15, 0.2) is 0 Å². The van der Waals surface area contributed by atoms with E-state index in [9.17, 15) is 5.11 Å². The van der Waals surface area contributed by atoms with Crippen molar-refractivity contribution in [2.45, 2.75) is 31.5 Å². The van der Waals surface area contributed by atoms with Gasteiger partial charge >= 0.3 is 0 Å². The van der Waals surface area contributed by atoms with Gasteiger partial charge in [-0.1, -0.05) is 6.42 Å². The van der Waals surface area contributed by atoms with Gasteiger partial charge in [0.1, 0.15) is 0 Å². The molecule has 0 bridgehead atoms. The number of hydrogen-bond acceptors (Lipinski definition) is 2. The third-order valence-electron chi connectivity index (χ3n) is 2.56. The first-order chi connectivity index (χ1) is 4.31. The SMILES string of the molecule is OC1(C2CCC2)CCO1. The molecule has 2 rings (SSSR count). The molecule has 1 aliphatic carbocycles. The minimum Gasteiger partial charge on any atom is -0.365 e. The Morgan fingerprint density at radius 2 is 2.11 bits per heavy atom. The summed E-state index contributed by atoms with van der Waals surface area (Å²) in [6.45, 7) is 0.757. The first-order valence-electron chi connectivity index (χ1n) is 3.68. The Hall–Kier alpha value is -0.0800. The summed E-state index contributed by atoms with van der Waals surface area (Å²) in [5, 5.41) is 9.51. The topological polar surface area (TPSA) is 29.5 Å². The zero-order valence-electron chi connectivity index (χ0n) is 5.47. The van der Waals surface area contributed by atoms with Crippen molar-refractivity contribution in [3.8, 4) is 0 Å². The maximum atomic E-state index is 9.51. The lowest BCUT2D eigenvalue weighted by atomic mass is 9.76. The van der Waals surface area contributed by atoms with Crippen molar-refractivity contribution in [3.05, 3.63) is 0 Å². The van der Waals surface area contributed by atoms with Gasteiger partial charge in [-0.3, -0.25) is 0 Å². The van der Waals surface area contributed by atoms with Crippen LogP contribution in [-0.2, 0) is 4.74 Å². The Kier molecular flexibility index (Phi) is 1.08. The van der Waals surface area contributed by atoms with Crippen molar-refractivity contribution < 1.29 is 9.84 Å². The van der Waals surface area contributed by atoms with Crippen LogP contribution in [0.3, 0.4) is 0 Å². The fourth-order valence-electron chi connectivity index (χ4n) is 1.49. The van der Waals surface area contributed by atoms with E-state index in [1.807, 2.05) is 0 Å². The molecule has 1 heterocycles. The molecule has 0 aromatic carbocycles. The molecule has 1 atom stereocenters. The Labute approximate surface area is 54.8 Å². The van der Waals surface area contributed by atoms with Gasteiger partial charge in [0.2, 0.25) is 0 Å². The van der Waals surface area contributed by atoms with Gasteiger partial charge in [-0.25, -0.2) is 0 Å². The largest absolute Gasteiger partial charge is 0.365 e. The molecule has 1 saturated carbocycles. The molecule has 0 radical (unpaired) electrons. The van der Waals surface area contributed by atoms with E-state index in [1.165, 1.54) is 6.42 Å². The van der Waals surface area contributed by atoms with Crippen LogP contribution >= 0.6 is 0 Å². The van der Waals surface area contributed by atoms with Crippen LogP contribution in [0.1, 0.15) is 25.7 Å². The third-order valence-corrected chi connectivity index (χ3v) is 2.56. The minimum absolute atomic E-state index is 0.464. The fraction of sp³-hybridized carbons (Fsp3) is 1.00. The van der Waals surface area contributed by atoms with Crippen molar-refractivity contribution in [3.63, 3.8) is 0 Å². The van der Waals surface area contributed by atoms with Crippen LogP contribution in [0.4, 0.5) is 0 Å². The second kappa shape index (κ2) is 1.70. The predicted molar refractivity (Wildman–Crippen MR) is 32.9 cm³/mol. The Morgan fingerprint density at radius 1 is 1.44 bits per heavy atom. The molecule has 2 aliphatic rings. The van der Waals surface area contributed by atoms with E-state index in [-0.39, 0.29) is 0 Å². The molecule has 1 aliphatic heterocycles. The summed E-state index contributed by atoms with van der Waals surface area (Å²) in [6, 6.07) is 0. The molecular formula is C7H12O2. The van der Waals surface area contributed by atoms with Gasteiger partial charge < -0.3 is 9.84 Å². The first-order valence-corrected chi connectivity index (χ1v) is 3.68. The molecule has 0 spiro atoms. The van der Waals surface area contributed by atoms with Crippen molar-refractivity contribution in [2.75, 3.05) is 6.61 Å². The van der Waals surface area contributed by atoms with Crippen LogP contribution in [0.5, 0.6) is 0 Å². The monoisotopic (exact) mass is 128 g/mol. The van der Waals surface area contributed by atoms with E-state index < -0.39 is 5.79 Å². The molecule has 1 unspecified atom stereocenters. The number of ether oxygens (including phenoxy) is 1. The van der Waals surface area contributed by atoms with E-state index in [0.29, 0.717) is 5.92 Å². The van der Waals surface area contributed by atoms with Crippen LogP contribution < -0.4 is 0 Å². The highest BCUT2D eigenvalue weighted by Gasteiger charge is 2.46. The van der Waals surface area contributed by atoms with Gasteiger partial charge in [-0.05, 0) is 12.8 Å². The highest BCUT2D eigenvalue weighted by atomic mass is 16.6. The second-order valence-electron chi connectivity index (χ2n) is 3.07. The smallest absolute Gasteiger partial charge is 0.170 e. The van der Waals surface area contributed by atoms with Crippen molar-refractivity contribution in [1.29, 1.82) is 0 Å². The summed E-state index contributed by atoms with van der Waals surface area (Å²) in [5.74, 6) is -0.218. The van der Waals surface area contributed by atoms with E-state index in [0.717, 1.165) is 25.9 Å². The normalized spacial score (nSPS) is 43.7. The zero-order chi connectivity index (χ0) is 6.32. The Morgan fingerprint density at radius 3 is 2.22 bits per heavy atom. The molecule has 0 aromatic rings. The second-order valence-corrected chi connectivity index (χ2v) is 3.07. The maximum Gasteiger partial charge on any atom is 0.170 e. The van der Waals surface area contributed by atoms with E-state index in [1.54, 1.807) is 0 Å². The van der Waals surface area contributed by atoms with Crippen LogP contribution in [0.25, 0.3) is 0 Å². The predicted octanol–water partition coefficient (Wildman–Crippen LogP) is 0.895. The molecule has 1 N–H and O–H groups in total. The molecule has 2 heteroatoms. The van der Waals surface area contributed by atoms with Crippen LogP contribution in [-0.4, -0.2) is 17.5 Å².